The van der Waals surface area contributed by atoms with Crippen molar-refractivity contribution >= 4 is 10.8 Å². The summed E-state index contributed by atoms with van der Waals surface area (Å²) in [4.78, 5) is 0. The number of aromatic nitrogens is 1. The van der Waals surface area contributed by atoms with Crippen LogP contribution in [0.5, 0.6) is 0 Å². The molecule has 3 nitrogen and oxygen atoms in total. The molecule has 96 valence electrons. The van der Waals surface area contributed by atoms with Crippen molar-refractivity contribution < 1.29 is 8.73 Å². The van der Waals surface area contributed by atoms with E-state index in [4.69, 9.17) is 4.52 Å². The molecule has 0 saturated heterocycles. The Balaban J connectivity index is 2.05. The standard InChI is InChI=1S/C14H17NO2S/c1-10-4-5-11(2)13(6-10)8-18(16)9-14-7-12(3)17-15-14/h4-7H,8-9H2,1-3H3. The van der Waals surface area contributed by atoms with Crippen molar-refractivity contribution in [2.24, 2.45) is 0 Å². The van der Waals surface area contributed by atoms with Crippen molar-refractivity contribution in [3.8, 4) is 0 Å². The third kappa shape index (κ3) is 3.29. The van der Waals surface area contributed by atoms with E-state index >= 15 is 0 Å². The second-order valence-electron chi connectivity index (χ2n) is 4.59. The minimum absolute atomic E-state index is 0.449. The number of rotatable bonds is 4. The average Bonchev–Trinajstić information content (AvgIpc) is 2.69. The summed E-state index contributed by atoms with van der Waals surface area (Å²) in [6.45, 7) is 5.93. The predicted octanol–water partition coefficient (Wildman–Crippen LogP) is 3.05. The van der Waals surface area contributed by atoms with Crippen LogP contribution < -0.4 is 0 Å². The van der Waals surface area contributed by atoms with Gasteiger partial charge in [0, 0.05) is 22.6 Å². The van der Waals surface area contributed by atoms with Crippen LogP contribution in [0.1, 0.15) is 28.1 Å². The highest BCUT2D eigenvalue weighted by molar-refractivity contribution is 7.83. The first-order chi connectivity index (χ1) is 8.54. The zero-order chi connectivity index (χ0) is 13.1. The minimum Gasteiger partial charge on any atom is -0.361 e. The molecule has 0 radical (unpaired) electrons. The molecule has 0 spiro atoms. The fraction of sp³-hybridized carbons (Fsp3) is 0.357. The lowest BCUT2D eigenvalue weighted by atomic mass is 10.1. The Hall–Kier alpha value is -1.42. The number of hydrogen-bond acceptors (Lipinski definition) is 3. The molecule has 1 heterocycles. The zero-order valence-corrected chi connectivity index (χ0v) is 11.7. The molecule has 18 heavy (non-hydrogen) atoms. The molecule has 4 heteroatoms. The monoisotopic (exact) mass is 263 g/mol. The lowest BCUT2D eigenvalue weighted by Crippen LogP contribution is -2.01. The summed E-state index contributed by atoms with van der Waals surface area (Å²) in [5.74, 6) is 1.78. The van der Waals surface area contributed by atoms with Gasteiger partial charge in [-0.1, -0.05) is 28.9 Å². The Bertz CT molecular complexity index is 575. The predicted molar refractivity (Wildman–Crippen MR) is 72.7 cm³/mol. The summed E-state index contributed by atoms with van der Waals surface area (Å²) in [5, 5.41) is 3.87. The van der Waals surface area contributed by atoms with Gasteiger partial charge in [-0.15, -0.1) is 0 Å². The smallest absolute Gasteiger partial charge is 0.133 e. The molecular weight excluding hydrogens is 246 g/mol. The molecule has 2 aromatic rings. The molecule has 0 aliphatic carbocycles. The first-order valence-electron chi connectivity index (χ1n) is 5.88. The molecule has 1 aromatic carbocycles. The van der Waals surface area contributed by atoms with Crippen molar-refractivity contribution in [3.05, 3.63) is 52.4 Å². The van der Waals surface area contributed by atoms with Gasteiger partial charge in [-0.3, -0.25) is 4.21 Å². The van der Waals surface area contributed by atoms with E-state index in [0.717, 1.165) is 17.0 Å². The van der Waals surface area contributed by atoms with Crippen LogP contribution in [0.25, 0.3) is 0 Å². The maximum absolute atomic E-state index is 12.1. The van der Waals surface area contributed by atoms with Crippen LogP contribution in [0.2, 0.25) is 0 Å². The van der Waals surface area contributed by atoms with Crippen molar-refractivity contribution in [3.63, 3.8) is 0 Å². The Labute approximate surface area is 110 Å². The lowest BCUT2D eigenvalue weighted by Gasteiger charge is -2.06. The van der Waals surface area contributed by atoms with Gasteiger partial charge in [0.25, 0.3) is 0 Å². The van der Waals surface area contributed by atoms with E-state index in [1.807, 2.05) is 26.8 Å². The Kier molecular flexibility index (Phi) is 3.97. The van der Waals surface area contributed by atoms with Gasteiger partial charge in [0.1, 0.15) is 5.76 Å². The Morgan fingerprint density at radius 2 is 1.94 bits per heavy atom. The van der Waals surface area contributed by atoms with Crippen LogP contribution in [0.3, 0.4) is 0 Å². The number of benzene rings is 1. The molecule has 1 atom stereocenters. The van der Waals surface area contributed by atoms with Gasteiger partial charge < -0.3 is 4.52 Å². The van der Waals surface area contributed by atoms with E-state index in [0.29, 0.717) is 11.5 Å². The molecule has 1 aromatic heterocycles. The van der Waals surface area contributed by atoms with Crippen molar-refractivity contribution in [2.75, 3.05) is 0 Å². The van der Waals surface area contributed by atoms with Gasteiger partial charge in [-0.25, -0.2) is 0 Å². The lowest BCUT2D eigenvalue weighted by molar-refractivity contribution is 0.392. The van der Waals surface area contributed by atoms with Gasteiger partial charge in [0.15, 0.2) is 0 Å². The average molecular weight is 263 g/mol. The van der Waals surface area contributed by atoms with Gasteiger partial charge in [0.2, 0.25) is 0 Å². The maximum Gasteiger partial charge on any atom is 0.133 e. The molecule has 0 bridgehead atoms. The first-order valence-corrected chi connectivity index (χ1v) is 7.36. The fourth-order valence-electron chi connectivity index (χ4n) is 1.83. The van der Waals surface area contributed by atoms with Gasteiger partial charge in [-0.2, -0.15) is 0 Å². The molecule has 0 aliphatic heterocycles. The fourth-order valence-corrected chi connectivity index (χ4v) is 3.06. The molecule has 0 amide bonds. The maximum atomic E-state index is 12.1. The summed E-state index contributed by atoms with van der Waals surface area (Å²) in [6, 6.07) is 8.08. The first kappa shape index (κ1) is 13.0. The molecule has 0 N–H and O–H groups in total. The Morgan fingerprint density at radius 3 is 2.61 bits per heavy atom. The van der Waals surface area contributed by atoms with E-state index in [9.17, 15) is 4.21 Å². The summed E-state index contributed by atoms with van der Waals surface area (Å²) < 4.78 is 17.1. The third-order valence-corrected chi connectivity index (χ3v) is 4.06. The highest BCUT2D eigenvalue weighted by atomic mass is 32.2. The molecule has 0 fully saturated rings. The molecule has 0 saturated carbocycles. The summed E-state index contributed by atoms with van der Waals surface area (Å²) in [7, 11) is -0.950. The number of nitrogens with zero attached hydrogens (tertiary/aromatic N) is 1. The van der Waals surface area contributed by atoms with Crippen molar-refractivity contribution in [1.82, 2.24) is 5.16 Å². The van der Waals surface area contributed by atoms with Gasteiger partial charge in [0.05, 0.1) is 11.4 Å². The third-order valence-electron chi connectivity index (χ3n) is 2.81. The van der Waals surface area contributed by atoms with E-state index in [-0.39, 0.29) is 0 Å². The van der Waals surface area contributed by atoms with Gasteiger partial charge in [-0.05, 0) is 31.9 Å². The minimum atomic E-state index is -0.950. The quantitative estimate of drug-likeness (QED) is 0.851. The Morgan fingerprint density at radius 1 is 1.17 bits per heavy atom. The second kappa shape index (κ2) is 5.48. The number of aryl methyl sites for hydroxylation is 3. The zero-order valence-electron chi connectivity index (χ0n) is 10.9. The van der Waals surface area contributed by atoms with E-state index in [2.05, 4.69) is 23.4 Å². The summed E-state index contributed by atoms with van der Waals surface area (Å²) in [5.41, 5.74) is 4.29. The molecule has 2 rings (SSSR count). The highest BCUT2D eigenvalue weighted by Crippen LogP contribution is 2.15. The topological polar surface area (TPSA) is 43.1 Å². The summed E-state index contributed by atoms with van der Waals surface area (Å²) in [6.07, 6.45) is 0. The van der Waals surface area contributed by atoms with Crippen LogP contribution in [0.15, 0.2) is 28.8 Å². The summed E-state index contributed by atoms with van der Waals surface area (Å²) >= 11 is 0. The van der Waals surface area contributed by atoms with Crippen LogP contribution in [-0.4, -0.2) is 9.37 Å². The van der Waals surface area contributed by atoms with Crippen molar-refractivity contribution in [2.45, 2.75) is 32.3 Å². The van der Waals surface area contributed by atoms with E-state index < -0.39 is 10.8 Å². The molecular formula is C14H17NO2S. The second-order valence-corrected chi connectivity index (χ2v) is 6.04. The SMILES string of the molecule is Cc1ccc(C)c(CS(=O)Cc2cc(C)on2)c1. The molecule has 0 aliphatic rings. The molecule has 1 unspecified atom stereocenters. The number of hydrogen-bond donors (Lipinski definition) is 0. The van der Waals surface area contributed by atoms with E-state index in [1.54, 1.807) is 0 Å². The highest BCUT2D eigenvalue weighted by Gasteiger charge is 2.09. The van der Waals surface area contributed by atoms with Crippen LogP contribution in [0.4, 0.5) is 0 Å². The largest absolute Gasteiger partial charge is 0.361 e. The van der Waals surface area contributed by atoms with Crippen LogP contribution in [-0.2, 0) is 22.3 Å². The van der Waals surface area contributed by atoms with E-state index in [1.165, 1.54) is 11.1 Å². The normalized spacial score (nSPS) is 12.6. The van der Waals surface area contributed by atoms with Gasteiger partial charge >= 0.3 is 0 Å². The van der Waals surface area contributed by atoms with Crippen LogP contribution >= 0.6 is 0 Å². The van der Waals surface area contributed by atoms with Crippen molar-refractivity contribution in [1.29, 1.82) is 0 Å². The van der Waals surface area contributed by atoms with Crippen LogP contribution in [0, 0.1) is 20.8 Å².